The van der Waals surface area contributed by atoms with Crippen molar-refractivity contribution in [3.8, 4) is 11.3 Å². The number of halogens is 1. The number of nitrogens with zero attached hydrogens (tertiary/aromatic N) is 2. The van der Waals surface area contributed by atoms with Crippen LogP contribution in [0.5, 0.6) is 0 Å². The minimum absolute atomic E-state index is 0.257. The van der Waals surface area contributed by atoms with Crippen LogP contribution in [0.4, 0.5) is 0 Å². The summed E-state index contributed by atoms with van der Waals surface area (Å²) in [7, 11) is 0. The Labute approximate surface area is 135 Å². The molecule has 0 saturated heterocycles. The average molecular weight is 358 g/mol. The predicted octanol–water partition coefficient (Wildman–Crippen LogP) is 3.43. The Bertz CT molecular complexity index is 787. The summed E-state index contributed by atoms with van der Waals surface area (Å²) in [6.45, 7) is 0.401. The lowest BCUT2D eigenvalue weighted by atomic mass is 10.1. The topological polar surface area (TPSA) is 68.0 Å². The van der Waals surface area contributed by atoms with Crippen molar-refractivity contribution in [3.05, 3.63) is 71.0 Å². The highest BCUT2D eigenvalue weighted by atomic mass is 79.9. The Kier molecular flexibility index (Phi) is 4.29. The molecule has 0 fully saturated rings. The third kappa shape index (κ3) is 3.40. The zero-order chi connectivity index (χ0) is 15.4. The van der Waals surface area contributed by atoms with Gasteiger partial charge in [-0.25, -0.2) is 0 Å². The van der Waals surface area contributed by atoms with E-state index in [0.717, 1.165) is 16.8 Å². The highest BCUT2D eigenvalue weighted by Crippen LogP contribution is 2.17. The van der Waals surface area contributed by atoms with Crippen LogP contribution in [0.15, 0.2) is 64.1 Å². The third-order valence-electron chi connectivity index (χ3n) is 3.05. The summed E-state index contributed by atoms with van der Waals surface area (Å²) in [5, 5.41) is 2.81. The molecule has 0 aliphatic carbocycles. The molecular formula is C16H12BrN3O2. The van der Waals surface area contributed by atoms with Gasteiger partial charge in [0, 0.05) is 30.7 Å². The van der Waals surface area contributed by atoms with Gasteiger partial charge in [0.15, 0.2) is 10.4 Å². The fourth-order valence-corrected chi connectivity index (χ4v) is 2.28. The number of rotatable bonds is 4. The van der Waals surface area contributed by atoms with Crippen LogP contribution in [0, 0.1) is 0 Å². The quantitative estimate of drug-likeness (QED) is 0.776. The van der Waals surface area contributed by atoms with Crippen LogP contribution in [0.1, 0.15) is 16.1 Å². The average Bonchev–Trinajstić information content (AvgIpc) is 3.00. The second-order valence-electron chi connectivity index (χ2n) is 4.57. The van der Waals surface area contributed by atoms with Crippen molar-refractivity contribution < 1.29 is 9.21 Å². The van der Waals surface area contributed by atoms with Gasteiger partial charge in [-0.15, -0.1) is 0 Å². The summed E-state index contributed by atoms with van der Waals surface area (Å²) in [6, 6.07) is 10.9. The van der Waals surface area contributed by atoms with E-state index in [0.29, 0.717) is 11.2 Å². The molecule has 0 aliphatic rings. The molecule has 3 aromatic rings. The van der Waals surface area contributed by atoms with E-state index in [9.17, 15) is 4.79 Å². The second kappa shape index (κ2) is 6.53. The molecule has 3 aromatic heterocycles. The van der Waals surface area contributed by atoms with Gasteiger partial charge in [0.25, 0.3) is 5.91 Å². The van der Waals surface area contributed by atoms with Gasteiger partial charge in [0.1, 0.15) is 0 Å². The normalized spacial score (nSPS) is 10.4. The summed E-state index contributed by atoms with van der Waals surface area (Å²) in [4.78, 5) is 20.3. The minimum Gasteiger partial charge on any atom is -0.444 e. The predicted molar refractivity (Wildman–Crippen MR) is 85.0 cm³/mol. The van der Waals surface area contributed by atoms with Gasteiger partial charge in [-0.2, -0.15) is 0 Å². The fourth-order valence-electron chi connectivity index (χ4n) is 1.97. The summed E-state index contributed by atoms with van der Waals surface area (Å²) >= 11 is 3.17. The van der Waals surface area contributed by atoms with Crippen LogP contribution in [0.2, 0.25) is 0 Å². The standard InChI is InChI=1S/C16H12BrN3O2/c17-15-2-1-14(22-15)16(21)20-10-11-3-8-19-13(9-11)12-4-6-18-7-5-12/h1-9H,10H2,(H,20,21). The van der Waals surface area contributed by atoms with Gasteiger partial charge in [0.05, 0.1) is 5.69 Å². The van der Waals surface area contributed by atoms with E-state index >= 15 is 0 Å². The summed E-state index contributed by atoms with van der Waals surface area (Å²) in [5.41, 5.74) is 2.79. The number of aromatic nitrogens is 2. The molecule has 0 saturated carbocycles. The Morgan fingerprint density at radius 1 is 1.14 bits per heavy atom. The van der Waals surface area contributed by atoms with E-state index < -0.39 is 0 Å². The van der Waals surface area contributed by atoms with Gasteiger partial charge >= 0.3 is 0 Å². The first-order valence-corrected chi connectivity index (χ1v) is 7.40. The highest BCUT2D eigenvalue weighted by Gasteiger charge is 2.10. The van der Waals surface area contributed by atoms with Gasteiger partial charge in [0.2, 0.25) is 0 Å². The summed E-state index contributed by atoms with van der Waals surface area (Å²) in [6.07, 6.45) is 5.17. The Morgan fingerprint density at radius 3 is 2.68 bits per heavy atom. The maximum Gasteiger partial charge on any atom is 0.287 e. The SMILES string of the molecule is O=C(NCc1ccnc(-c2ccncc2)c1)c1ccc(Br)o1. The molecule has 0 aliphatic heterocycles. The molecule has 0 atom stereocenters. The van der Waals surface area contributed by atoms with Crippen LogP contribution in [0.3, 0.4) is 0 Å². The van der Waals surface area contributed by atoms with E-state index in [4.69, 9.17) is 4.42 Å². The van der Waals surface area contributed by atoms with Crippen LogP contribution in [-0.4, -0.2) is 15.9 Å². The largest absolute Gasteiger partial charge is 0.444 e. The Balaban J connectivity index is 1.70. The molecule has 0 spiro atoms. The van der Waals surface area contributed by atoms with Crippen molar-refractivity contribution in [3.63, 3.8) is 0 Å². The highest BCUT2D eigenvalue weighted by molar-refractivity contribution is 9.10. The summed E-state index contributed by atoms with van der Waals surface area (Å²) in [5.74, 6) is 0.0169. The molecule has 3 rings (SSSR count). The zero-order valence-corrected chi connectivity index (χ0v) is 13.1. The number of amides is 1. The lowest BCUT2D eigenvalue weighted by Gasteiger charge is -2.06. The lowest BCUT2D eigenvalue weighted by molar-refractivity contribution is 0.0922. The maximum atomic E-state index is 11.9. The first-order valence-electron chi connectivity index (χ1n) is 6.61. The van der Waals surface area contributed by atoms with Crippen molar-refractivity contribution in [2.24, 2.45) is 0 Å². The van der Waals surface area contributed by atoms with Crippen molar-refractivity contribution in [2.45, 2.75) is 6.54 Å². The number of furan rings is 1. The van der Waals surface area contributed by atoms with Gasteiger partial charge in [-0.1, -0.05) is 0 Å². The molecule has 1 amide bonds. The van der Waals surface area contributed by atoms with Crippen molar-refractivity contribution >= 4 is 21.8 Å². The third-order valence-corrected chi connectivity index (χ3v) is 3.48. The number of carbonyl (C=O) groups excluding carboxylic acids is 1. The monoisotopic (exact) mass is 357 g/mol. The van der Waals surface area contributed by atoms with Gasteiger partial charge in [-0.05, 0) is 57.9 Å². The van der Waals surface area contributed by atoms with Crippen molar-refractivity contribution in [1.29, 1.82) is 0 Å². The molecule has 1 N–H and O–H groups in total. The van der Waals surface area contributed by atoms with Gasteiger partial charge in [-0.3, -0.25) is 14.8 Å². The number of hydrogen-bond acceptors (Lipinski definition) is 4. The molecule has 22 heavy (non-hydrogen) atoms. The van der Waals surface area contributed by atoms with E-state index in [2.05, 4.69) is 31.2 Å². The van der Waals surface area contributed by atoms with Gasteiger partial charge < -0.3 is 9.73 Å². The molecule has 5 nitrogen and oxygen atoms in total. The number of hydrogen-bond donors (Lipinski definition) is 1. The van der Waals surface area contributed by atoms with Crippen LogP contribution in [-0.2, 0) is 6.54 Å². The molecule has 0 aromatic carbocycles. The molecule has 3 heterocycles. The number of carbonyl (C=O) groups is 1. The molecular weight excluding hydrogens is 346 g/mol. The number of pyridine rings is 2. The second-order valence-corrected chi connectivity index (χ2v) is 5.35. The fraction of sp³-hybridized carbons (Fsp3) is 0.0625. The molecule has 0 radical (unpaired) electrons. The smallest absolute Gasteiger partial charge is 0.287 e. The summed E-state index contributed by atoms with van der Waals surface area (Å²) < 4.78 is 5.74. The first-order chi connectivity index (χ1) is 10.7. The minimum atomic E-state index is -0.257. The van der Waals surface area contributed by atoms with E-state index in [1.54, 1.807) is 30.7 Å². The number of nitrogens with one attached hydrogen (secondary N) is 1. The Hall–Kier alpha value is -2.47. The van der Waals surface area contributed by atoms with E-state index in [1.165, 1.54) is 0 Å². The van der Waals surface area contributed by atoms with Crippen molar-refractivity contribution in [2.75, 3.05) is 0 Å². The molecule has 110 valence electrons. The first kappa shape index (κ1) is 14.5. The van der Waals surface area contributed by atoms with E-state index in [-0.39, 0.29) is 11.7 Å². The van der Waals surface area contributed by atoms with Crippen LogP contribution in [0.25, 0.3) is 11.3 Å². The maximum absolute atomic E-state index is 11.9. The van der Waals surface area contributed by atoms with E-state index in [1.807, 2.05) is 24.3 Å². The van der Waals surface area contributed by atoms with Crippen molar-refractivity contribution in [1.82, 2.24) is 15.3 Å². The molecule has 0 unspecified atom stereocenters. The van der Waals surface area contributed by atoms with Crippen LogP contribution < -0.4 is 5.32 Å². The molecule has 6 heteroatoms. The molecule has 0 bridgehead atoms. The zero-order valence-electron chi connectivity index (χ0n) is 11.5. The van der Waals surface area contributed by atoms with Crippen LogP contribution >= 0.6 is 15.9 Å². The lowest BCUT2D eigenvalue weighted by Crippen LogP contribution is -2.22. The Morgan fingerprint density at radius 2 is 1.95 bits per heavy atom.